The molecule has 0 saturated heterocycles. The van der Waals surface area contributed by atoms with Crippen LogP contribution in [-0.4, -0.2) is 25.5 Å². The first-order valence-corrected chi connectivity index (χ1v) is 6.72. The monoisotopic (exact) mass is 353 g/mol. The molecule has 1 aromatic heterocycles. The number of nitrogens with zero attached hydrogens (tertiary/aromatic N) is 1. The van der Waals surface area contributed by atoms with E-state index < -0.39 is 0 Å². The Morgan fingerprint density at radius 1 is 1.19 bits per heavy atom. The molecule has 0 amide bonds. The van der Waals surface area contributed by atoms with Gasteiger partial charge in [0, 0.05) is 14.2 Å². The summed E-state index contributed by atoms with van der Waals surface area (Å²) in [6.45, 7) is 4.00. The number of alkyl halides is 1. The van der Waals surface area contributed by atoms with Gasteiger partial charge >= 0.3 is 0 Å². The quantitative estimate of drug-likeness (QED) is 0.466. The number of methoxy groups -OCH3 is 2. The summed E-state index contributed by atoms with van der Waals surface area (Å²) in [6.07, 6.45) is -0.336. The van der Waals surface area contributed by atoms with Crippen LogP contribution in [0.3, 0.4) is 0 Å². The van der Waals surface area contributed by atoms with Crippen molar-refractivity contribution in [3.8, 4) is 0 Å². The van der Waals surface area contributed by atoms with Crippen LogP contribution in [0.5, 0.6) is 0 Å². The van der Waals surface area contributed by atoms with Gasteiger partial charge in [0.2, 0.25) is 0 Å². The van der Waals surface area contributed by atoms with Crippen molar-refractivity contribution in [1.29, 1.82) is 0 Å². The zero-order chi connectivity index (χ0) is 12.6. The molecule has 0 N–H and O–H groups in total. The van der Waals surface area contributed by atoms with Crippen molar-refractivity contribution in [2.45, 2.75) is 25.0 Å². The average molecular weight is 355 g/mol. The standard InChI is InChI=1S/C9H11Br2NO2.C2H6/c1-13-9(14-2)8(11)6-4-3-5-7(10)12-6;1-2/h3-5,8-9H,1-2H3;1-2H3. The van der Waals surface area contributed by atoms with Crippen LogP contribution in [-0.2, 0) is 9.47 Å². The van der Waals surface area contributed by atoms with E-state index in [1.807, 2.05) is 32.0 Å². The predicted molar refractivity (Wildman–Crippen MR) is 72.8 cm³/mol. The third-order valence-corrected chi connectivity index (χ3v) is 3.07. The van der Waals surface area contributed by atoms with Crippen LogP contribution in [0, 0.1) is 0 Å². The molecule has 0 radical (unpaired) electrons. The first-order valence-electron chi connectivity index (χ1n) is 5.01. The largest absolute Gasteiger partial charge is 0.354 e. The number of halogens is 2. The van der Waals surface area contributed by atoms with Gasteiger partial charge in [-0.15, -0.1) is 0 Å². The molecule has 1 rings (SSSR count). The third-order valence-electron chi connectivity index (χ3n) is 1.72. The van der Waals surface area contributed by atoms with Crippen LogP contribution in [0.2, 0.25) is 0 Å². The first-order chi connectivity index (χ1) is 7.69. The van der Waals surface area contributed by atoms with Gasteiger partial charge < -0.3 is 9.47 Å². The van der Waals surface area contributed by atoms with E-state index in [1.54, 1.807) is 14.2 Å². The Kier molecular flexibility index (Phi) is 9.12. The SMILES string of the molecule is CC.COC(OC)C(Br)c1cccc(Br)n1. The fourth-order valence-corrected chi connectivity index (χ4v) is 2.10. The number of rotatable bonds is 4. The van der Waals surface area contributed by atoms with E-state index in [1.165, 1.54) is 0 Å². The molecular weight excluding hydrogens is 338 g/mol. The lowest BCUT2D eigenvalue weighted by Gasteiger charge is -2.18. The molecule has 0 aliphatic carbocycles. The Labute approximate surface area is 114 Å². The van der Waals surface area contributed by atoms with Gasteiger partial charge in [-0.05, 0) is 28.1 Å². The Balaban J connectivity index is 0.00000106. The van der Waals surface area contributed by atoms with Gasteiger partial charge in [0.05, 0.1) is 5.69 Å². The minimum Gasteiger partial charge on any atom is -0.354 e. The van der Waals surface area contributed by atoms with Crippen LogP contribution in [0.25, 0.3) is 0 Å². The van der Waals surface area contributed by atoms with E-state index >= 15 is 0 Å². The lowest BCUT2D eigenvalue weighted by molar-refractivity contribution is -0.101. The van der Waals surface area contributed by atoms with E-state index in [-0.39, 0.29) is 11.1 Å². The van der Waals surface area contributed by atoms with Crippen LogP contribution >= 0.6 is 31.9 Å². The van der Waals surface area contributed by atoms with Crippen molar-refractivity contribution in [2.24, 2.45) is 0 Å². The van der Waals surface area contributed by atoms with Crippen LogP contribution < -0.4 is 0 Å². The highest BCUT2D eigenvalue weighted by Gasteiger charge is 2.20. The molecule has 1 heterocycles. The second kappa shape index (κ2) is 9.10. The van der Waals surface area contributed by atoms with Gasteiger partial charge in [0.1, 0.15) is 9.43 Å². The highest BCUT2D eigenvalue weighted by molar-refractivity contribution is 9.10. The number of hydrogen-bond donors (Lipinski definition) is 0. The molecule has 0 spiro atoms. The molecule has 1 aromatic rings. The lowest BCUT2D eigenvalue weighted by atomic mass is 10.2. The molecule has 16 heavy (non-hydrogen) atoms. The fraction of sp³-hybridized carbons (Fsp3) is 0.545. The summed E-state index contributed by atoms with van der Waals surface area (Å²) < 4.78 is 11.1. The maximum atomic E-state index is 5.13. The molecular formula is C11H17Br2NO2. The molecule has 1 atom stereocenters. The van der Waals surface area contributed by atoms with Gasteiger partial charge in [-0.2, -0.15) is 0 Å². The fourth-order valence-electron chi connectivity index (χ4n) is 1.05. The summed E-state index contributed by atoms with van der Waals surface area (Å²) in [7, 11) is 3.20. The minimum absolute atomic E-state index is 0.0741. The van der Waals surface area contributed by atoms with Crippen molar-refractivity contribution in [3.05, 3.63) is 28.5 Å². The maximum absolute atomic E-state index is 5.13. The molecule has 0 aromatic carbocycles. The summed E-state index contributed by atoms with van der Waals surface area (Å²) in [5, 5.41) is 0. The molecule has 0 aliphatic heterocycles. The second-order valence-corrected chi connectivity index (χ2v) is 4.43. The zero-order valence-corrected chi connectivity index (χ0v) is 13.1. The van der Waals surface area contributed by atoms with E-state index in [0.29, 0.717) is 0 Å². The van der Waals surface area contributed by atoms with Gasteiger partial charge in [0.25, 0.3) is 0 Å². The molecule has 0 bridgehead atoms. The van der Waals surface area contributed by atoms with Crippen molar-refractivity contribution in [3.63, 3.8) is 0 Å². The molecule has 3 nitrogen and oxygen atoms in total. The smallest absolute Gasteiger partial charge is 0.174 e. The molecule has 1 unspecified atom stereocenters. The Morgan fingerprint density at radius 3 is 2.19 bits per heavy atom. The average Bonchev–Trinajstić information content (AvgIpc) is 2.33. The normalized spacial score (nSPS) is 11.9. The van der Waals surface area contributed by atoms with Crippen molar-refractivity contribution in [1.82, 2.24) is 4.98 Å². The highest BCUT2D eigenvalue weighted by atomic mass is 79.9. The lowest BCUT2D eigenvalue weighted by Crippen LogP contribution is -2.19. The Hall–Kier alpha value is 0.0300. The van der Waals surface area contributed by atoms with Crippen LogP contribution in [0.15, 0.2) is 22.8 Å². The summed E-state index contributed by atoms with van der Waals surface area (Å²) >= 11 is 6.78. The number of pyridine rings is 1. The number of aromatic nitrogens is 1. The number of ether oxygens (including phenoxy) is 2. The van der Waals surface area contributed by atoms with Crippen LogP contribution in [0.1, 0.15) is 24.4 Å². The van der Waals surface area contributed by atoms with Gasteiger partial charge in [-0.3, -0.25) is 0 Å². The first kappa shape index (κ1) is 16.0. The highest BCUT2D eigenvalue weighted by Crippen LogP contribution is 2.27. The summed E-state index contributed by atoms with van der Waals surface area (Å²) in [5.74, 6) is 0. The molecule has 5 heteroatoms. The Bertz CT molecular complexity index is 293. The molecule has 92 valence electrons. The van der Waals surface area contributed by atoms with E-state index in [4.69, 9.17) is 9.47 Å². The van der Waals surface area contributed by atoms with Gasteiger partial charge in [-0.25, -0.2) is 4.98 Å². The van der Waals surface area contributed by atoms with Gasteiger partial charge in [-0.1, -0.05) is 35.8 Å². The summed E-state index contributed by atoms with van der Waals surface area (Å²) in [6, 6.07) is 5.70. The van der Waals surface area contributed by atoms with E-state index in [9.17, 15) is 0 Å². The van der Waals surface area contributed by atoms with Crippen molar-refractivity contribution < 1.29 is 9.47 Å². The number of hydrogen-bond acceptors (Lipinski definition) is 3. The van der Waals surface area contributed by atoms with E-state index in [0.717, 1.165) is 10.3 Å². The summed E-state index contributed by atoms with van der Waals surface area (Å²) in [4.78, 5) is 4.23. The second-order valence-electron chi connectivity index (χ2n) is 2.63. The topological polar surface area (TPSA) is 31.4 Å². The zero-order valence-electron chi connectivity index (χ0n) is 9.91. The minimum atomic E-state index is -0.336. The van der Waals surface area contributed by atoms with Crippen molar-refractivity contribution in [2.75, 3.05) is 14.2 Å². The maximum Gasteiger partial charge on any atom is 0.174 e. The van der Waals surface area contributed by atoms with E-state index in [2.05, 4.69) is 36.8 Å². The van der Waals surface area contributed by atoms with Gasteiger partial charge in [0.15, 0.2) is 6.29 Å². The van der Waals surface area contributed by atoms with Crippen molar-refractivity contribution >= 4 is 31.9 Å². The molecule has 0 fully saturated rings. The molecule has 0 aliphatic rings. The predicted octanol–water partition coefficient (Wildman–Crippen LogP) is 3.93. The molecule has 0 saturated carbocycles. The third kappa shape index (κ3) is 4.91. The summed E-state index contributed by atoms with van der Waals surface area (Å²) in [5.41, 5.74) is 0.869. The van der Waals surface area contributed by atoms with Crippen LogP contribution in [0.4, 0.5) is 0 Å². The Morgan fingerprint density at radius 2 is 1.75 bits per heavy atom.